The SMILES string of the molecule is COC(=O)/C(=C(/Cc1ccccc1)C(=O)c1ccc(Cl)cc1)c1ccc2c(c1)OCO2. The number of esters is 1. The lowest BCUT2D eigenvalue weighted by molar-refractivity contribution is -0.133. The third kappa shape index (κ3) is 4.47. The summed E-state index contributed by atoms with van der Waals surface area (Å²) in [7, 11) is 1.29. The van der Waals surface area contributed by atoms with E-state index >= 15 is 0 Å². The molecule has 0 fully saturated rings. The molecule has 0 radical (unpaired) electrons. The molecule has 3 aromatic carbocycles. The first kappa shape index (κ1) is 20.7. The first-order valence-electron chi connectivity index (χ1n) is 9.62. The highest BCUT2D eigenvalue weighted by atomic mass is 35.5. The number of hydrogen-bond acceptors (Lipinski definition) is 5. The Balaban J connectivity index is 1.90. The van der Waals surface area contributed by atoms with E-state index in [1.807, 2.05) is 30.3 Å². The average molecular weight is 435 g/mol. The number of halogens is 1. The van der Waals surface area contributed by atoms with Gasteiger partial charge in [0.25, 0.3) is 0 Å². The van der Waals surface area contributed by atoms with Gasteiger partial charge in [-0.05, 0) is 47.5 Å². The molecule has 0 unspecified atom stereocenters. The predicted molar refractivity (Wildman–Crippen MR) is 117 cm³/mol. The van der Waals surface area contributed by atoms with Crippen LogP contribution in [0.4, 0.5) is 0 Å². The molecule has 0 atom stereocenters. The monoisotopic (exact) mass is 434 g/mol. The summed E-state index contributed by atoms with van der Waals surface area (Å²) >= 11 is 5.99. The Kier molecular flexibility index (Phi) is 6.05. The molecule has 0 aromatic heterocycles. The standard InChI is InChI=1S/C25H19ClO5/c1-29-25(28)23(18-9-12-21-22(14-18)31-15-30-21)20(13-16-5-3-2-4-6-16)24(27)17-7-10-19(26)11-8-17/h2-12,14H,13,15H2,1H3/b23-20-. The summed E-state index contributed by atoms with van der Waals surface area (Å²) in [5.74, 6) is 0.212. The number of methoxy groups -OCH3 is 1. The Morgan fingerprint density at radius 3 is 2.29 bits per heavy atom. The molecule has 156 valence electrons. The predicted octanol–water partition coefficient (Wildman–Crippen LogP) is 5.12. The Morgan fingerprint density at radius 1 is 0.903 bits per heavy atom. The van der Waals surface area contributed by atoms with Crippen molar-refractivity contribution in [2.45, 2.75) is 6.42 Å². The van der Waals surface area contributed by atoms with Gasteiger partial charge in [-0.1, -0.05) is 48.0 Å². The Labute approximate surface area is 184 Å². The second kappa shape index (κ2) is 9.06. The van der Waals surface area contributed by atoms with E-state index in [0.29, 0.717) is 33.2 Å². The number of allylic oxidation sites excluding steroid dienone is 1. The highest BCUT2D eigenvalue weighted by Gasteiger charge is 2.26. The highest BCUT2D eigenvalue weighted by Crippen LogP contribution is 2.36. The zero-order valence-corrected chi connectivity index (χ0v) is 17.5. The van der Waals surface area contributed by atoms with E-state index in [-0.39, 0.29) is 24.6 Å². The zero-order chi connectivity index (χ0) is 21.8. The number of ketones is 1. The van der Waals surface area contributed by atoms with E-state index in [1.165, 1.54) is 7.11 Å². The van der Waals surface area contributed by atoms with Crippen molar-refractivity contribution in [1.29, 1.82) is 0 Å². The topological polar surface area (TPSA) is 61.8 Å². The molecule has 0 saturated heterocycles. The van der Waals surface area contributed by atoms with Crippen LogP contribution in [0.1, 0.15) is 21.5 Å². The number of carbonyl (C=O) groups excluding carboxylic acids is 2. The number of rotatable bonds is 6. The van der Waals surface area contributed by atoms with E-state index in [4.69, 9.17) is 25.8 Å². The number of hydrogen-bond donors (Lipinski definition) is 0. The summed E-state index contributed by atoms with van der Waals surface area (Å²) in [6.45, 7) is 0.108. The van der Waals surface area contributed by atoms with E-state index in [9.17, 15) is 9.59 Å². The summed E-state index contributed by atoms with van der Waals surface area (Å²) in [5.41, 5.74) is 2.34. The molecule has 3 aromatic rings. The third-order valence-corrected chi connectivity index (χ3v) is 5.21. The molecule has 1 aliphatic rings. The number of fused-ring (bicyclic) bond motifs is 1. The second-order valence-corrected chi connectivity index (χ2v) is 7.35. The van der Waals surface area contributed by atoms with Crippen LogP contribution < -0.4 is 9.47 Å². The Hall–Kier alpha value is -3.57. The van der Waals surface area contributed by atoms with Gasteiger partial charge in [0.15, 0.2) is 17.3 Å². The first-order chi connectivity index (χ1) is 15.1. The van der Waals surface area contributed by atoms with Crippen molar-refractivity contribution in [3.63, 3.8) is 0 Å². The van der Waals surface area contributed by atoms with Crippen LogP contribution in [0.25, 0.3) is 5.57 Å². The van der Waals surface area contributed by atoms with Gasteiger partial charge < -0.3 is 14.2 Å². The molecule has 1 aliphatic heterocycles. The number of benzene rings is 3. The van der Waals surface area contributed by atoms with Crippen molar-refractivity contribution < 1.29 is 23.8 Å². The van der Waals surface area contributed by atoms with Crippen LogP contribution in [0.15, 0.2) is 78.4 Å². The maximum absolute atomic E-state index is 13.6. The third-order valence-electron chi connectivity index (χ3n) is 4.96. The summed E-state index contributed by atoms with van der Waals surface area (Å²) < 4.78 is 15.9. The molecule has 0 aliphatic carbocycles. The fourth-order valence-corrected chi connectivity index (χ4v) is 3.55. The lowest BCUT2D eigenvalue weighted by Gasteiger charge is -2.15. The average Bonchev–Trinajstić information content (AvgIpc) is 3.27. The summed E-state index contributed by atoms with van der Waals surface area (Å²) in [6, 6.07) is 21.2. The Morgan fingerprint density at radius 2 is 1.58 bits per heavy atom. The summed E-state index contributed by atoms with van der Waals surface area (Å²) in [6.07, 6.45) is 0.251. The van der Waals surface area contributed by atoms with Crippen molar-refractivity contribution in [2.24, 2.45) is 0 Å². The van der Waals surface area contributed by atoms with Crippen LogP contribution >= 0.6 is 11.6 Å². The van der Waals surface area contributed by atoms with E-state index in [0.717, 1.165) is 5.56 Å². The van der Waals surface area contributed by atoms with Crippen LogP contribution in [0.5, 0.6) is 11.5 Å². The molecular formula is C25H19ClO5. The fourth-order valence-electron chi connectivity index (χ4n) is 3.43. The molecule has 31 heavy (non-hydrogen) atoms. The van der Waals surface area contributed by atoms with Crippen LogP contribution in [-0.2, 0) is 16.0 Å². The van der Waals surface area contributed by atoms with Gasteiger partial charge in [-0.3, -0.25) is 4.79 Å². The highest BCUT2D eigenvalue weighted by molar-refractivity contribution is 6.31. The van der Waals surface area contributed by atoms with Crippen molar-refractivity contribution >= 4 is 28.9 Å². The maximum Gasteiger partial charge on any atom is 0.338 e. The van der Waals surface area contributed by atoms with Crippen LogP contribution in [0, 0.1) is 0 Å². The molecular weight excluding hydrogens is 416 g/mol. The maximum atomic E-state index is 13.6. The molecule has 4 rings (SSSR count). The number of ether oxygens (including phenoxy) is 3. The quantitative estimate of drug-likeness (QED) is 0.306. The van der Waals surface area contributed by atoms with Gasteiger partial charge in [0.05, 0.1) is 12.7 Å². The normalized spacial score (nSPS) is 12.8. The largest absolute Gasteiger partial charge is 0.465 e. The molecule has 0 spiro atoms. The molecule has 1 heterocycles. The summed E-state index contributed by atoms with van der Waals surface area (Å²) in [4.78, 5) is 26.5. The van der Waals surface area contributed by atoms with Gasteiger partial charge >= 0.3 is 5.97 Å². The van der Waals surface area contributed by atoms with Crippen molar-refractivity contribution in [3.05, 3.63) is 100 Å². The molecule has 6 heteroatoms. The molecule has 5 nitrogen and oxygen atoms in total. The second-order valence-electron chi connectivity index (χ2n) is 6.91. The lowest BCUT2D eigenvalue weighted by Crippen LogP contribution is -2.15. The van der Waals surface area contributed by atoms with Crippen molar-refractivity contribution in [3.8, 4) is 11.5 Å². The van der Waals surface area contributed by atoms with Gasteiger partial charge in [0.1, 0.15) is 0 Å². The minimum absolute atomic E-state index is 0.108. The van der Waals surface area contributed by atoms with Crippen LogP contribution in [0.2, 0.25) is 5.02 Å². The van der Waals surface area contributed by atoms with Crippen LogP contribution in [0.3, 0.4) is 0 Å². The number of Topliss-reactive ketones (excluding diaryl/α,β-unsaturated/α-hetero) is 1. The van der Waals surface area contributed by atoms with E-state index in [2.05, 4.69) is 0 Å². The smallest absolute Gasteiger partial charge is 0.338 e. The molecule has 0 bridgehead atoms. The first-order valence-corrected chi connectivity index (χ1v) is 10.0. The molecule has 0 saturated carbocycles. The molecule has 0 amide bonds. The molecule has 0 N–H and O–H groups in total. The van der Waals surface area contributed by atoms with Gasteiger partial charge in [-0.2, -0.15) is 0 Å². The summed E-state index contributed by atoms with van der Waals surface area (Å²) in [5, 5.41) is 0.522. The van der Waals surface area contributed by atoms with Gasteiger partial charge in [-0.15, -0.1) is 0 Å². The van der Waals surface area contributed by atoms with Crippen molar-refractivity contribution in [1.82, 2.24) is 0 Å². The zero-order valence-electron chi connectivity index (χ0n) is 16.8. The number of carbonyl (C=O) groups is 2. The minimum Gasteiger partial charge on any atom is -0.465 e. The van der Waals surface area contributed by atoms with E-state index in [1.54, 1.807) is 42.5 Å². The van der Waals surface area contributed by atoms with Crippen LogP contribution in [-0.4, -0.2) is 25.7 Å². The van der Waals surface area contributed by atoms with Crippen molar-refractivity contribution in [2.75, 3.05) is 13.9 Å². The Bertz CT molecular complexity index is 1150. The lowest BCUT2D eigenvalue weighted by atomic mass is 9.89. The van der Waals surface area contributed by atoms with Gasteiger partial charge in [0.2, 0.25) is 6.79 Å². The van der Waals surface area contributed by atoms with Gasteiger partial charge in [-0.25, -0.2) is 4.79 Å². The van der Waals surface area contributed by atoms with E-state index < -0.39 is 5.97 Å². The van der Waals surface area contributed by atoms with Gasteiger partial charge in [0, 0.05) is 22.6 Å². The fraction of sp³-hybridized carbons (Fsp3) is 0.120. The minimum atomic E-state index is -0.605.